The second-order valence-electron chi connectivity index (χ2n) is 7.10. The van der Waals surface area contributed by atoms with Gasteiger partial charge in [-0.3, -0.25) is 4.79 Å². The number of amides is 1. The number of aromatic hydroxyl groups is 1. The average Bonchev–Trinajstić information content (AvgIpc) is 2.86. The first-order chi connectivity index (χ1) is 16.0. The van der Waals surface area contributed by atoms with E-state index in [0.717, 1.165) is 40.3 Å². The van der Waals surface area contributed by atoms with Crippen LogP contribution < -0.4 is 15.6 Å². The van der Waals surface area contributed by atoms with Crippen molar-refractivity contribution in [1.82, 2.24) is 5.43 Å². The number of rotatable bonds is 4. The molecular weight excluding hydrogens is 412 g/mol. The molecule has 0 saturated carbocycles. The molecule has 1 aliphatic rings. The maximum Gasteiger partial charge on any atom is 0.259 e. The van der Waals surface area contributed by atoms with Gasteiger partial charge < -0.3 is 15.3 Å². The van der Waals surface area contributed by atoms with E-state index in [1.165, 1.54) is 0 Å². The van der Waals surface area contributed by atoms with Gasteiger partial charge in [0.25, 0.3) is 5.91 Å². The zero-order chi connectivity index (χ0) is 24.2. The van der Waals surface area contributed by atoms with E-state index in [2.05, 4.69) is 15.8 Å². The molecule has 4 rings (SSSR count). The normalized spacial score (nSPS) is 11.1. The molecule has 0 spiro atoms. The maximum atomic E-state index is 12.0. The number of para-hydroxylation sites is 5. The lowest BCUT2D eigenvalue weighted by Crippen LogP contribution is -2.34. The molecule has 33 heavy (non-hydrogen) atoms. The number of phenolic OH excluding ortho intramolecular Hbond substituents is 1. The minimum Gasteiger partial charge on any atom is -0.507 e. The van der Waals surface area contributed by atoms with Crippen LogP contribution in [0.2, 0.25) is 0 Å². The van der Waals surface area contributed by atoms with Gasteiger partial charge in [0.1, 0.15) is 12.3 Å². The highest BCUT2D eigenvalue weighted by Crippen LogP contribution is 2.42. The van der Waals surface area contributed by atoms with Crippen LogP contribution in [0.4, 0.5) is 22.7 Å². The molecule has 1 amide bonds. The molecule has 1 aliphatic heterocycles. The van der Waals surface area contributed by atoms with Crippen LogP contribution in [0.1, 0.15) is 38.8 Å². The Labute approximate surface area is 197 Å². The molecule has 3 aromatic rings. The molecule has 6 nitrogen and oxygen atoms in total. The van der Waals surface area contributed by atoms with Crippen LogP contribution in [0.15, 0.2) is 71.8 Å². The van der Waals surface area contributed by atoms with Crippen molar-refractivity contribution in [3.05, 3.63) is 77.9 Å². The van der Waals surface area contributed by atoms with Crippen LogP contribution in [-0.2, 0) is 11.2 Å². The summed E-state index contributed by atoms with van der Waals surface area (Å²) in [6, 6.07) is 21.7. The molecule has 0 fully saturated rings. The second-order valence-corrected chi connectivity index (χ2v) is 7.10. The fraction of sp³-hybridized carbons (Fsp3) is 0.259. The highest BCUT2D eigenvalue weighted by molar-refractivity contribution is 5.95. The summed E-state index contributed by atoms with van der Waals surface area (Å²) in [5.74, 6) is 0.296. The number of hydrogen-bond donors (Lipinski definition) is 3. The quantitative estimate of drug-likeness (QED) is 0.325. The first kappa shape index (κ1) is 25.5. The highest BCUT2D eigenvalue weighted by Gasteiger charge is 2.23. The van der Waals surface area contributed by atoms with Gasteiger partial charge >= 0.3 is 0 Å². The van der Waals surface area contributed by atoms with Crippen molar-refractivity contribution < 1.29 is 9.90 Å². The summed E-state index contributed by atoms with van der Waals surface area (Å²) in [5, 5.41) is 16.6. The number of carbonyl (C=O) groups excluding carboxylic acids is 1. The number of hydrazone groups is 1. The van der Waals surface area contributed by atoms with Crippen LogP contribution in [-0.4, -0.2) is 23.8 Å². The van der Waals surface area contributed by atoms with E-state index >= 15 is 0 Å². The Morgan fingerprint density at radius 3 is 2.09 bits per heavy atom. The molecular formula is C27H34N4O2. The monoisotopic (exact) mass is 446 g/mol. The topological polar surface area (TPSA) is 77.0 Å². The summed E-state index contributed by atoms with van der Waals surface area (Å²) < 4.78 is 0. The number of nitrogens with zero attached hydrogens (tertiary/aromatic N) is 2. The number of phenols is 1. The first-order valence-corrected chi connectivity index (χ1v) is 11.3. The molecule has 3 N–H and O–H groups in total. The van der Waals surface area contributed by atoms with E-state index in [4.69, 9.17) is 0 Å². The van der Waals surface area contributed by atoms with Gasteiger partial charge in [0.15, 0.2) is 0 Å². The van der Waals surface area contributed by atoms with Crippen molar-refractivity contribution >= 4 is 34.9 Å². The minimum atomic E-state index is -0.153. The van der Waals surface area contributed by atoms with Gasteiger partial charge in [-0.15, -0.1) is 0 Å². The standard InChI is InChI=1S/C16H16N4O.C9H12O.C2H6/c1-2-17-19-16(21)11-20-14-9-5-3-7-12(14)18-13-8-4-6-10-15(13)20;1-3-8-6-4-5-7(2)9(8)10;1-2/h2-10,18H,11H2,1H3,(H,19,21);4-6,10H,3H2,1-2H3;1-2H3/b17-2+;;. The minimum absolute atomic E-state index is 0.153. The molecule has 0 radical (unpaired) electrons. The van der Waals surface area contributed by atoms with Gasteiger partial charge in [-0.1, -0.05) is 63.2 Å². The van der Waals surface area contributed by atoms with Gasteiger partial charge in [0.05, 0.1) is 22.7 Å². The zero-order valence-corrected chi connectivity index (χ0v) is 20.1. The van der Waals surface area contributed by atoms with E-state index in [-0.39, 0.29) is 12.5 Å². The van der Waals surface area contributed by atoms with Crippen LogP contribution in [0, 0.1) is 6.92 Å². The molecule has 0 aromatic heterocycles. The van der Waals surface area contributed by atoms with Gasteiger partial charge in [0, 0.05) is 6.21 Å². The lowest BCUT2D eigenvalue weighted by Gasteiger charge is -2.33. The predicted octanol–water partition coefficient (Wildman–Crippen LogP) is 6.29. The number of nitrogens with one attached hydrogen (secondary N) is 2. The Morgan fingerprint density at radius 1 is 1.00 bits per heavy atom. The maximum absolute atomic E-state index is 12.0. The molecule has 6 heteroatoms. The average molecular weight is 447 g/mol. The predicted molar refractivity (Wildman–Crippen MR) is 139 cm³/mol. The van der Waals surface area contributed by atoms with Crippen molar-refractivity contribution in [2.24, 2.45) is 5.10 Å². The van der Waals surface area contributed by atoms with E-state index in [0.29, 0.717) is 5.75 Å². The van der Waals surface area contributed by atoms with Crippen molar-refractivity contribution in [3.63, 3.8) is 0 Å². The first-order valence-electron chi connectivity index (χ1n) is 11.3. The largest absolute Gasteiger partial charge is 0.507 e. The van der Waals surface area contributed by atoms with Crippen molar-refractivity contribution in [1.29, 1.82) is 0 Å². The van der Waals surface area contributed by atoms with Gasteiger partial charge in [-0.05, 0) is 55.7 Å². The highest BCUT2D eigenvalue weighted by atomic mass is 16.3. The fourth-order valence-electron chi connectivity index (χ4n) is 3.40. The summed E-state index contributed by atoms with van der Waals surface area (Å²) >= 11 is 0. The van der Waals surface area contributed by atoms with Gasteiger partial charge in [-0.2, -0.15) is 5.10 Å². The Hall–Kier alpha value is -3.80. The van der Waals surface area contributed by atoms with Crippen LogP contribution in [0.25, 0.3) is 0 Å². The lowest BCUT2D eigenvalue weighted by molar-refractivity contribution is -0.119. The number of aryl methyl sites for hydroxylation is 2. The smallest absolute Gasteiger partial charge is 0.259 e. The van der Waals surface area contributed by atoms with E-state index in [1.807, 2.05) is 99.3 Å². The van der Waals surface area contributed by atoms with Crippen molar-refractivity contribution in [2.75, 3.05) is 16.8 Å². The summed E-state index contributed by atoms with van der Waals surface area (Å²) in [7, 11) is 0. The summed E-state index contributed by atoms with van der Waals surface area (Å²) in [4.78, 5) is 14.0. The number of carbonyl (C=O) groups is 1. The molecule has 0 aliphatic carbocycles. The SMILES string of the molecule is C/C=N/NC(=O)CN1c2ccccc2Nc2ccccc21.CC.CCc1cccc(C)c1O. The fourth-order valence-corrected chi connectivity index (χ4v) is 3.40. The molecule has 0 saturated heterocycles. The van der Waals surface area contributed by atoms with Crippen molar-refractivity contribution in [2.45, 2.75) is 41.0 Å². The number of hydrogen-bond acceptors (Lipinski definition) is 5. The van der Waals surface area contributed by atoms with Crippen LogP contribution >= 0.6 is 0 Å². The zero-order valence-electron chi connectivity index (χ0n) is 20.1. The van der Waals surface area contributed by atoms with Crippen LogP contribution in [0.5, 0.6) is 5.75 Å². The summed E-state index contributed by atoms with van der Waals surface area (Å²) in [6.45, 7) is 9.92. The summed E-state index contributed by atoms with van der Waals surface area (Å²) in [5.41, 5.74) is 8.43. The number of fused-ring (bicyclic) bond motifs is 2. The third-order valence-electron chi connectivity index (χ3n) is 4.98. The lowest BCUT2D eigenvalue weighted by atomic mass is 10.1. The Morgan fingerprint density at radius 2 is 1.58 bits per heavy atom. The van der Waals surface area contributed by atoms with E-state index in [1.54, 1.807) is 13.1 Å². The van der Waals surface area contributed by atoms with Gasteiger partial charge in [-0.25, -0.2) is 5.43 Å². The third kappa shape index (κ3) is 6.59. The molecule has 1 heterocycles. The summed E-state index contributed by atoms with van der Waals surface area (Å²) in [6.07, 6.45) is 2.45. The molecule has 174 valence electrons. The Bertz CT molecular complexity index is 1030. The van der Waals surface area contributed by atoms with Gasteiger partial charge in [0.2, 0.25) is 0 Å². The third-order valence-corrected chi connectivity index (χ3v) is 4.98. The van der Waals surface area contributed by atoms with E-state index in [9.17, 15) is 9.90 Å². The van der Waals surface area contributed by atoms with Crippen LogP contribution in [0.3, 0.4) is 0 Å². The molecule has 3 aromatic carbocycles. The van der Waals surface area contributed by atoms with E-state index < -0.39 is 0 Å². The molecule has 0 atom stereocenters. The number of benzene rings is 3. The van der Waals surface area contributed by atoms with Crippen molar-refractivity contribution in [3.8, 4) is 5.75 Å². The Kier molecular flexibility index (Phi) is 9.96. The Balaban J connectivity index is 0.000000270. The molecule has 0 bridgehead atoms. The molecule has 0 unspecified atom stereocenters. The number of anilines is 4. The second kappa shape index (κ2) is 12.9.